The first-order valence-electron chi connectivity index (χ1n) is 9.58. The van der Waals surface area contributed by atoms with Gasteiger partial charge in [-0.15, -0.1) is 0 Å². The monoisotopic (exact) mass is 404 g/mol. The molecule has 0 aliphatic heterocycles. The highest BCUT2D eigenvalue weighted by atomic mass is 16.5. The molecule has 0 fully saturated rings. The average Bonchev–Trinajstić information content (AvgIpc) is 2.74. The minimum atomic E-state index is -0.323. The molecule has 0 atom stereocenters. The van der Waals surface area contributed by atoms with Gasteiger partial charge in [-0.25, -0.2) is 0 Å². The molecule has 154 valence electrons. The van der Waals surface area contributed by atoms with E-state index < -0.39 is 0 Å². The first kappa shape index (κ1) is 20.9. The van der Waals surface area contributed by atoms with Crippen LogP contribution in [0, 0.1) is 13.8 Å². The fourth-order valence-electron chi connectivity index (χ4n) is 2.80. The number of rotatable bonds is 8. The van der Waals surface area contributed by atoms with E-state index in [2.05, 4.69) is 10.6 Å². The molecular weight excluding hydrogens is 380 g/mol. The molecule has 3 rings (SSSR count). The van der Waals surface area contributed by atoms with Crippen molar-refractivity contribution in [2.45, 2.75) is 13.8 Å². The van der Waals surface area contributed by atoms with Crippen molar-refractivity contribution in [2.24, 2.45) is 0 Å². The van der Waals surface area contributed by atoms with Gasteiger partial charge in [0.25, 0.3) is 11.8 Å². The SMILES string of the molecule is Cc1ccccc1OCC(=O)Nc1ccccc1NC(=O)COc1ccccc1C. The number of amides is 2. The third-order valence-corrected chi connectivity index (χ3v) is 4.38. The Morgan fingerprint density at radius 3 is 1.40 bits per heavy atom. The fraction of sp³-hybridized carbons (Fsp3) is 0.167. The number of anilines is 2. The van der Waals surface area contributed by atoms with Gasteiger partial charge in [-0.3, -0.25) is 9.59 Å². The maximum absolute atomic E-state index is 12.3. The molecule has 0 bridgehead atoms. The third kappa shape index (κ3) is 5.85. The van der Waals surface area contributed by atoms with Crippen LogP contribution >= 0.6 is 0 Å². The topological polar surface area (TPSA) is 76.7 Å². The lowest BCUT2D eigenvalue weighted by Crippen LogP contribution is -2.24. The van der Waals surface area contributed by atoms with Crippen molar-refractivity contribution < 1.29 is 19.1 Å². The molecule has 0 aliphatic rings. The first-order chi connectivity index (χ1) is 14.5. The van der Waals surface area contributed by atoms with Crippen LogP contribution in [0.1, 0.15) is 11.1 Å². The number of benzene rings is 3. The number of nitrogens with one attached hydrogen (secondary N) is 2. The second kappa shape index (κ2) is 10.1. The van der Waals surface area contributed by atoms with Gasteiger partial charge in [0.2, 0.25) is 0 Å². The Bertz CT molecular complexity index is 950. The van der Waals surface area contributed by atoms with Crippen molar-refractivity contribution in [1.82, 2.24) is 0 Å². The summed E-state index contributed by atoms with van der Waals surface area (Å²) in [6.45, 7) is 3.56. The van der Waals surface area contributed by atoms with E-state index in [0.29, 0.717) is 22.9 Å². The zero-order valence-corrected chi connectivity index (χ0v) is 17.0. The molecule has 0 radical (unpaired) electrons. The van der Waals surface area contributed by atoms with Crippen molar-refractivity contribution in [1.29, 1.82) is 0 Å². The molecule has 0 spiro atoms. The lowest BCUT2D eigenvalue weighted by atomic mass is 10.2. The van der Waals surface area contributed by atoms with Gasteiger partial charge in [0.1, 0.15) is 11.5 Å². The highest BCUT2D eigenvalue weighted by Crippen LogP contribution is 2.22. The molecule has 0 aromatic heterocycles. The highest BCUT2D eigenvalue weighted by molar-refractivity contribution is 6.00. The summed E-state index contributed by atoms with van der Waals surface area (Å²) in [5.41, 5.74) is 2.87. The number of aryl methyl sites for hydroxylation is 2. The van der Waals surface area contributed by atoms with E-state index in [0.717, 1.165) is 11.1 Å². The van der Waals surface area contributed by atoms with Crippen molar-refractivity contribution in [3.8, 4) is 11.5 Å². The Morgan fingerprint density at radius 1 is 0.633 bits per heavy atom. The Kier molecular flexibility index (Phi) is 7.05. The summed E-state index contributed by atoms with van der Waals surface area (Å²) in [4.78, 5) is 24.6. The summed E-state index contributed by atoms with van der Waals surface area (Å²) >= 11 is 0. The van der Waals surface area contributed by atoms with Gasteiger partial charge in [0.15, 0.2) is 13.2 Å². The van der Waals surface area contributed by atoms with E-state index in [1.807, 2.05) is 62.4 Å². The minimum Gasteiger partial charge on any atom is -0.483 e. The molecule has 0 unspecified atom stereocenters. The molecule has 30 heavy (non-hydrogen) atoms. The van der Waals surface area contributed by atoms with E-state index >= 15 is 0 Å². The Balaban J connectivity index is 1.56. The van der Waals surface area contributed by atoms with Crippen molar-refractivity contribution in [3.63, 3.8) is 0 Å². The van der Waals surface area contributed by atoms with E-state index in [-0.39, 0.29) is 25.0 Å². The predicted molar refractivity (Wildman–Crippen MR) is 117 cm³/mol. The standard InChI is InChI=1S/C24H24N2O4/c1-17-9-3-7-13-21(17)29-15-23(27)25-19-11-5-6-12-20(19)26-24(28)16-30-22-14-8-4-10-18(22)2/h3-14H,15-16H2,1-2H3,(H,25,27)(H,26,28). The van der Waals surface area contributed by atoms with Crippen molar-refractivity contribution in [2.75, 3.05) is 23.8 Å². The molecule has 0 saturated heterocycles. The molecule has 2 N–H and O–H groups in total. The van der Waals surface area contributed by atoms with Crippen LogP contribution in [0.2, 0.25) is 0 Å². The van der Waals surface area contributed by atoms with Gasteiger partial charge >= 0.3 is 0 Å². The van der Waals surface area contributed by atoms with Gasteiger partial charge < -0.3 is 20.1 Å². The lowest BCUT2D eigenvalue weighted by Gasteiger charge is -2.14. The highest BCUT2D eigenvalue weighted by Gasteiger charge is 2.11. The van der Waals surface area contributed by atoms with Gasteiger partial charge in [-0.05, 0) is 49.2 Å². The summed E-state index contributed by atoms with van der Waals surface area (Å²) in [5.74, 6) is 0.664. The Morgan fingerprint density at radius 2 is 1.00 bits per heavy atom. The summed E-state index contributed by atoms with van der Waals surface area (Å²) in [6, 6.07) is 21.9. The molecule has 6 nitrogen and oxygen atoms in total. The van der Waals surface area contributed by atoms with Crippen LogP contribution in [0.4, 0.5) is 11.4 Å². The van der Waals surface area contributed by atoms with Gasteiger partial charge in [-0.2, -0.15) is 0 Å². The smallest absolute Gasteiger partial charge is 0.262 e. The maximum Gasteiger partial charge on any atom is 0.262 e. The second-order valence-corrected chi connectivity index (χ2v) is 6.75. The Hall–Kier alpha value is -3.80. The first-order valence-corrected chi connectivity index (χ1v) is 9.58. The minimum absolute atomic E-state index is 0.135. The summed E-state index contributed by atoms with van der Waals surface area (Å²) < 4.78 is 11.1. The van der Waals surface area contributed by atoms with Crippen LogP contribution in [-0.2, 0) is 9.59 Å². The summed E-state index contributed by atoms with van der Waals surface area (Å²) in [5, 5.41) is 5.54. The van der Waals surface area contributed by atoms with Gasteiger partial charge in [0.05, 0.1) is 11.4 Å². The molecule has 0 saturated carbocycles. The molecule has 0 aliphatic carbocycles. The molecule has 2 amide bonds. The number of hydrogen-bond acceptors (Lipinski definition) is 4. The number of carbonyl (C=O) groups excluding carboxylic acids is 2. The van der Waals surface area contributed by atoms with Crippen LogP contribution in [0.3, 0.4) is 0 Å². The zero-order valence-electron chi connectivity index (χ0n) is 17.0. The van der Waals surface area contributed by atoms with Crippen molar-refractivity contribution >= 4 is 23.2 Å². The largest absolute Gasteiger partial charge is 0.483 e. The van der Waals surface area contributed by atoms with E-state index in [1.54, 1.807) is 24.3 Å². The molecule has 3 aromatic carbocycles. The maximum atomic E-state index is 12.3. The normalized spacial score (nSPS) is 10.2. The summed E-state index contributed by atoms with van der Waals surface area (Å²) in [6.07, 6.45) is 0. The lowest BCUT2D eigenvalue weighted by molar-refractivity contribution is -0.119. The van der Waals surface area contributed by atoms with Crippen LogP contribution in [0.5, 0.6) is 11.5 Å². The van der Waals surface area contributed by atoms with Gasteiger partial charge in [0, 0.05) is 0 Å². The van der Waals surface area contributed by atoms with E-state index in [1.165, 1.54) is 0 Å². The quantitative estimate of drug-likeness (QED) is 0.586. The molecular formula is C24H24N2O4. The van der Waals surface area contributed by atoms with Crippen molar-refractivity contribution in [3.05, 3.63) is 83.9 Å². The number of carbonyl (C=O) groups is 2. The second-order valence-electron chi connectivity index (χ2n) is 6.75. The third-order valence-electron chi connectivity index (χ3n) is 4.38. The summed E-state index contributed by atoms with van der Waals surface area (Å²) in [7, 11) is 0. The van der Waals surface area contributed by atoms with Gasteiger partial charge in [-0.1, -0.05) is 48.5 Å². The number of hydrogen-bond donors (Lipinski definition) is 2. The number of para-hydroxylation sites is 4. The Labute approximate surface area is 175 Å². The average molecular weight is 404 g/mol. The van der Waals surface area contributed by atoms with Crippen LogP contribution < -0.4 is 20.1 Å². The molecule has 0 heterocycles. The fourth-order valence-corrected chi connectivity index (χ4v) is 2.80. The zero-order chi connectivity index (χ0) is 21.3. The van der Waals surface area contributed by atoms with Crippen LogP contribution in [0.25, 0.3) is 0 Å². The van der Waals surface area contributed by atoms with Crippen LogP contribution in [0.15, 0.2) is 72.8 Å². The van der Waals surface area contributed by atoms with E-state index in [4.69, 9.17) is 9.47 Å². The van der Waals surface area contributed by atoms with E-state index in [9.17, 15) is 9.59 Å². The number of ether oxygens (including phenoxy) is 2. The van der Waals surface area contributed by atoms with Crippen LogP contribution in [-0.4, -0.2) is 25.0 Å². The molecule has 3 aromatic rings. The predicted octanol–water partition coefficient (Wildman–Crippen LogP) is 4.34. The molecule has 6 heteroatoms.